The molecular formula is C15H17NO3. The van der Waals surface area contributed by atoms with E-state index < -0.39 is 0 Å². The molecule has 19 heavy (non-hydrogen) atoms. The monoisotopic (exact) mass is 259 g/mol. The van der Waals surface area contributed by atoms with Crippen LogP contribution in [0.4, 0.5) is 0 Å². The molecule has 0 fully saturated rings. The topological polar surface area (TPSA) is 47.9 Å². The minimum absolute atomic E-state index is 0.0411. The molecule has 0 saturated heterocycles. The van der Waals surface area contributed by atoms with Crippen molar-refractivity contribution in [2.75, 3.05) is 14.2 Å². The summed E-state index contributed by atoms with van der Waals surface area (Å²) in [7, 11) is 3.22. The molecule has 1 aliphatic carbocycles. The lowest BCUT2D eigenvalue weighted by Crippen LogP contribution is -2.17. The highest BCUT2D eigenvalue weighted by Crippen LogP contribution is 2.35. The lowest BCUT2D eigenvalue weighted by molar-refractivity contribution is 0.354. The number of isocyanates is 1. The van der Waals surface area contributed by atoms with Crippen molar-refractivity contribution in [3.8, 4) is 11.5 Å². The predicted molar refractivity (Wildman–Crippen MR) is 72.6 cm³/mol. The van der Waals surface area contributed by atoms with Gasteiger partial charge in [-0.2, -0.15) is 0 Å². The molecule has 1 aromatic rings. The fraction of sp³-hybridized carbons (Fsp3) is 0.400. The summed E-state index contributed by atoms with van der Waals surface area (Å²) in [6.07, 6.45) is 7.70. The highest BCUT2D eigenvalue weighted by molar-refractivity contribution is 5.46. The molecule has 0 N–H and O–H groups in total. The van der Waals surface area contributed by atoms with Crippen LogP contribution in [0.3, 0.4) is 0 Å². The van der Waals surface area contributed by atoms with Crippen LogP contribution in [-0.2, 0) is 4.79 Å². The van der Waals surface area contributed by atoms with Gasteiger partial charge in [-0.15, -0.1) is 0 Å². The molecule has 0 radical (unpaired) electrons. The minimum atomic E-state index is -0.0411. The zero-order chi connectivity index (χ0) is 13.7. The van der Waals surface area contributed by atoms with Gasteiger partial charge in [0.2, 0.25) is 6.08 Å². The maximum Gasteiger partial charge on any atom is 0.235 e. The van der Waals surface area contributed by atoms with E-state index in [4.69, 9.17) is 9.47 Å². The fourth-order valence-corrected chi connectivity index (χ4v) is 2.42. The third-order valence-corrected chi connectivity index (χ3v) is 3.40. The first-order valence-electron chi connectivity index (χ1n) is 6.25. The molecule has 0 bridgehead atoms. The number of aliphatic imine (C=N–C) groups is 1. The summed E-state index contributed by atoms with van der Waals surface area (Å²) in [6.45, 7) is 0. The van der Waals surface area contributed by atoms with E-state index >= 15 is 0 Å². The van der Waals surface area contributed by atoms with Crippen molar-refractivity contribution in [3.05, 3.63) is 35.9 Å². The molecule has 0 aromatic heterocycles. The molecule has 0 aliphatic heterocycles. The number of carbonyl (C=O) groups excluding carboxylic acids is 1. The van der Waals surface area contributed by atoms with Crippen molar-refractivity contribution < 1.29 is 14.3 Å². The van der Waals surface area contributed by atoms with Gasteiger partial charge >= 0.3 is 0 Å². The average molecular weight is 259 g/mol. The molecule has 100 valence electrons. The Morgan fingerprint density at radius 2 is 2.05 bits per heavy atom. The van der Waals surface area contributed by atoms with Crippen LogP contribution >= 0.6 is 0 Å². The summed E-state index contributed by atoms with van der Waals surface area (Å²) in [5, 5.41) is 0. The average Bonchev–Trinajstić information content (AvgIpc) is 2.47. The Hall–Kier alpha value is -2.06. The quantitative estimate of drug-likeness (QED) is 0.474. The number of ether oxygens (including phenoxy) is 2. The van der Waals surface area contributed by atoms with E-state index in [-0.39, 0.29) is 12.0 Å². The normalized spacial score (nSPS) is 21.6. The summed E-state index contributed by atoms with van der Waals surface area (Å²) in [5.74, 6) is 1.48. The first kappa shape index (κ1) is 13.4. The van der Waals surface area contributed by atoms with Gasteiger partial charge in [0, 0.05) is 5.92 Å². The molecule has 4 heteroatoms. The zero-order valence-corrected chi connectivity index (χ0v) is 11.1. The van der Waals surface area contributed by atoms with Gasteiger partial charge < -0.3 is 9.47 Å². The third-order valence-electron chi connectivity index (χ3n) is 3.40. The molecule has 0 saturated carbocycles. The van der Waals surface area contributed by atoms with Crippen LogP contribution in [0, 0.1) is 0 Å². The molecule has 4 nitrogen and oxygen atoms in total. The summed E-state index contributed by atoms with van der Waals surface area (Å²) in [5.41, 5.74) is 1.07. The number of nitrogens with zero attached hydrogens (tertiary/aromatic N) is 1. The van der Waals surface area contributed by atoms with E-state index in [1.54, 1.807) is 20.3 Å². The second-order valence-corrected chi connectivity index (χ2v) is 4.43. The molecule has 1 aliphatic rings. The van der Waals surface area contributed by atoms with Gasteiger partial charge in [0.15, 0.2) is 11.5 Å². The van der Waals surface area contributed by atoms with Gasteiger partial charge in [0.1, 0.15) is 0 Å². The second kappa shape index (κ2) is 6.21. The molecular weight excluding hydrogens is 242 g/mol. The van der Waals surface area contributed by atoms with E-state index in [2.05, 4.69) is 17.1 Å². The highest BCUT2D eigenvalue weighted by Gasteiger charge is 2.23. The first-order valence-corrected chi connectivity index (χ1v) is 6.25. The lowest BCUT2D eigenvalue weighted by atomic mass is 9.85. The smallest absolute Gasteiger partial charge is 0.235 e. The Morgan fingerprint density at radius 1 is 1.26 bits per heavy atom. The van der Waals surface area contributed by atoms with Crippen molar-refractivity contribution in [1.82, 2.24) is 0 Å². The maximum absolute atomic E-state index is 10.5. The maximum atomic E-state index is 10.5. The van der Waals surface area contributed by atoms with Gasteiger partial charge in [-0.25, -0.2) is 9.79 Å². The molecule has 0 heterocycles. The lowest BCUT2D eigenvalue weighted by Gasteiger charge is -2.24. The molecule has 1 aromatic carbocycles. The van der Waals surface area contributed by atoms with Gasteiger partial charge in [0.25, 0.3) is 0 Å². The summed E-state index contributed by atoms with van der Waals surface area (Å²) in [6, 6.07) is 5.75. The van der Waals surface area contributed by atoms with Crippen LogP contribution < -0.4 is 9.47 Å². The number of rotatable bonds is 4. The van der Waals surface area contributed by atoms with Gasteiger partial charge in [0.05, 0.1) is 20.3 Å². The van der Waals surface area contributed by atoms with E-state index in [9.17, 15) is 4.79 Å². The largest absolute Gasteiger partial charge is 0.493 e. The molecule has 0 spiro atoms. The van der Waals surface area contributed by atoms with E-state index in [1.165, 1.54) is 0 Å². The van der Waals surface area contributed by atoms with Crippen molar-refractivity contribution in [1.29, 1.82) is 0 Å². The van der Waals surface area contributed by atoms with Crippen LogP contribution in [0.2, 0.25) is 0 Å². The Kier molecular flexibility index (Phi) is 4.37. The molecule has 2 rings (SSSR count). The van der Waals surface area contributed by atoms with Crippen LogP contribution in [0.5, 0.6) is 11.5 Å². The number of benzene rings is 1. The Bertz CT molecular complexity index is 518. The van der Waals surface area contributed by atoms with Crippen LogP contribution in [0.25, 0.3) is 0 Å². The van der Waals surface area contributed by atoms with Crippen molar-refractivity contribution in [3.63, 3.8) is 0 Å². The van der Waals surface area contributed by atoms with Crippen LogP contribution in [0.15, 0.2) is 35.3 Å². The van der Waals surface area contributed by atoms with E-state index in [1.807, 2.05) is 18.2 Å². The highest BCUT2D eigenvalue weighted by atomic mass is 16.5. The van der Waals surface area contributed by atoms with Crippen LogP contribution in [0.1, 0.15) is 24.3 Å². The Balaban J connectivity index is 2.36. The van der Waals surface area contributed by atoms with Gasteiger partial charge in [-0.3, -0.25) is 0 Å². The zero-order valence-electron chi connectivity index (χ0n) is 11.1. The van der Waals surface area contributed by atoms with Crippen LogP contribution in [-0.4, -0.2) is 26.3 Å². The summed E-state index contributed by atoms with van der Waals surface area (Å²) >= 11 is 0. The van der Waals surface area contributed by atoms with E-state index in [0.717, 1.165) is 18.4 Å². The number of allylic oxidation sites excluding steroid dienone is 1. The SMILES string of the molecule is COc1ccc([C@@H]2C=CCC[C@H]2N=C=O)cc1OC. The number of hydrogen-bond donors (Lipinski definition) is 0. The van der Waals surface area contributed by atoms with Gasteiger partial charge in [-0.05, 0) is 30.5 Å². The standard InChI is InChI=1S/C15H17NO3/c1-18-14-8-7-11(9-15(14)19-2)12-5-3-4-6-13(12)16-10-17/h3,5,7-9,12-13H,4,6H2,1-2H3/t12-,13+/m0/s1. The summed E-state index contributed by atoms with van der Waals surface area (Å²) in [4.78, 5) is 14.4. The number of hydrogen-bond acceptors (Lipinski definition) is 4. The molecule has 0 unspecified atom stereocenters. The predicted octanol–water partition coefficient (Wildman–Crippen LogP) is 2.84. The summed E-state index contributed by atoms with van der Waals surface area (Å²) < 4.78 is 10.5. The van der Waals surface area contributed by atoms with Gasteiger partial charge in [-0.1, -0.05) is 18.2 Å². The first-order chi connectivity index (χ1) is 9.30. The van der Waals surface area contributed by atoms with E-state index in [0.29, 0.717) is 11.5 Å². The van der Waals surface area contributed by atoms with Crippen molar-refractivity contribution >= 4 is 6.08 Å². The molecule has 0 amide bonds. The minimum Gasteiger partial charge on any atom is -0.493 e. The molecule has 2 atom stereocenters. The van der Waals surface area contributed by atoms with Crippen molar-refractivity contribution in [2.24, 2.45) is 4.99 Å². The Morgan fingerprint density at radius 3 is 2.74 bits per heavy atom. The third kappa shape index (κ3) is 2.85. The fourth-order valence-electron chi connectivity index (χ4n) is 2.42. The van der Waals surface area contributed by atoms with Crippen molar-refractivity contribution in [2.45, 2.75) is 24.8 Å². The Labute approximate surface area is 112 Å². The second-order valence-electron chi connectivity index (χ2n) is 4.43. The number of methoxy groups -OCH3 is 2.